The van der Waals surface area contributed by atoms with Gasteiger partial charge in [0.2, 0.25) is 29.5 Å². The number of aliphatic hydroxyl groups is 2. The maximum Gasteiger partial charge on any atom is 0.245 e. The van der Waals surface area contributed by atoms with Gasteiger partial charge in [0.25, 0.3) is 0 Å². The van der Waals surface area contributed by atoms with E-state index < -0.39 is 72.6 Å². The molecule has 0 radical (unpaired) electrons. The van der Waals surface area contributed by atoms with Gasteiger partial charge in [0.1, 0.15) is 24.2 Å². The molecule has 6 N–H and O–H groups in total. The maximum atomic E-state index is 14.0. The Balaban J connectivity index is 2.59. The SMILES string of the molecule is CCC#CCCN1C[C@@H](C)NC(=O)[C@H]([C@H](C)O)NC(=O)[C@H](CO)NC(=O)[C@H](C2CCCCC2)NC(=O)[C@H](CC(C)C)N(C)C(=O)[C@@H]1C. The molecule has 13 nitrogen and oxygen atoms in total. The summed E-state index contributed by atoms with van der Waals surface area (Å²) in [4.78, 5) is 71.8. The molecule has 47 heavy (non-hydrogen) atoms. The number of carbonyl (C=O) groups excluding carboxylic acids is 5. The van der Waals surface area contributed by atoms with Crippen LogP contribution in [0.5, 0.6) is 0 Å². The number of amides is 5. The van der Waals surface area contributed by atoms with E-state index in [0.29, 0.717) is 38.6 Å². The zero-order valence-corrected chi connectivity index (χ0v) is 29.3. The van der Waals surface area contributed by atoms with Gasteiger partial charge in [-0.05, 0) is 51.9 Å². The molecule has 266 valence electrons. The fourth-order valence-corrected chi connectivity index (χ4v) is 6.31. The minimum atomic E-state index is -1.44. The van der Waals surface area contributed by atoms with Crippen molar-refractivity contribution < 1.29 is 34.2 Å². The topological polar surface area (TPSA) is 180 Å². The van der Waals surface area contributed by atoms with E-state index in [2.05, 4.69) is 33.1 Å². The molecule has 1 aliphatic carbocycles. The minimum absolute atomic E-state index is 0.0519. The second kappa shape index (κ2) is 19.6. The Morgan fingerprint density at radius 1 is 0.872 bits per heavy atom. The smallest absolute Gasteiger partial charge is 0.245 e. The molecule has 2 fully saturated rings. The number of nitrogens with one attached hydrogen (secondary N) is 4. The largest absolute Gasteiger partial charge is 0.394 e. The van der Waals surface area contributed by atoms with Crippen molar-refractivity contribution in [3.63, 3.8) is 0 Å². The van der Waals surface area contributed by atoms with Crippen LogP contribution in [-0.2, 0) is 24.0 Å². The van der Waals surface area contributed by atoms with Gasteiger partial charge in [0.15, 0.2) is 0 Å². The van der Waals surface area contributed by atoms with Crippen LogP contribution in [0.25, 0.3) is 0 Å². The number of nitrogens with zero attached hydrogens (tertiary/aromatic N) is 2. The third kappa shape index (κ3) is 12.1. The lowest BCUT2D eigenvalue weighted by Gasteiger charge is -2.37. The van der Waals surface area contributed by atoms with Gasteiger partial charge in [-0.25, -0.2) is 0 Å². The third-order valence-corrected chi connectivity index (χ3v) is 9.02. The van der Waals surface area contributed by atoms with Gasteiger partial charge in [-0.3, -0.25) is 28.9 Å². The predicted molar refractivity (Wildman–Crippen MR) is 178 cm³/mol. The highest BCUT2D eigenvalue weighted by atomic mass is 16.3. The molecule has 13 heteroatoms. The average Bonchev–Trinajstić information content (AvgIpc) is 3.03. The van der Waals surface area contributed by atoms with Crippen LogP contribution in [0.3, 0.4) is 0 Å². The Kier molecular flexibility index (Phi) is 16.6. The lowest BCUT2D eigenvalue weighted by Crippen LogP contribution is -2.63. The van der Waals surface area contributed by atoms with E-state index in [0.717, 1.165) is 19.3 Å². The Morgan fingerprint density at radius 3 is 2.11 bits per heavy atom. The van der Waals surface area contributed by atoms with Gasteiger partial charge < -0.3 is 36.4 Å². The quantitative estimate of drug-likeness (QED) is 0.210. The highest BCUT2D eigenvalue weighted by Gasteiger charge is 2.39. The fourth-order valence-electron chi connectivity index (χ4n) is 6.31. The average molecular weight is 663 g/mol. The Morgan fingerprint density at radius 2 is 1.53 bits per heavy atom. The van der Waals surface area contributed by atoms with Crippen molar-refractivity contribution in [1.82, 2.24) is 31.1 Å². The highest BCUT2D eigenvalue weighted by Crippen LogP contribution is 2.27. The monoisotopic (exact) mass is 662 g/mol. The van der Waals surface area contributed by atoms with Gasteiger partial charge in [-0.1, -0.05) is 40.0 Å². The predicted octanol–water partition coefficient (Wildman–Crippen LogP) is 0.280. The van der Waals surface area contributed by atoms with E-state index in [9.17, 15) is 34.2 Å². The molecule has 0 aromatic heterocycles. The maximum absolute atomic E-state index is 14.0. The number of aliphatic hydroxyl groups excluding tert-OH is 2. The summed E-state index contributed by atoms with van der Waals surface area (Å²) in [5.74, 6) is 3.07. The standard InChI is InChI=1S/C34H58N6O7/c1-8-9-10-14-17-40-19-22(4)35-32(45)28(24(6)42)37-30(43)26(20-41)36-33(46)29(25-15-12-11-13-16-25)38-31(44)27(18-21(2)3)39(7)34(47)23(40)5/h21-29,41-42H,8,11-20H2,1-7H3,(H,35,45)(H,36,46)(H,37,43)(H,38,44)/t22-,23+,24+,26+,27+,28+,29+/m1/s1. The molecule has 0 unspecified atom stereocenters. The summed E-state index contributed by atoms with van der Waals surface area (Å²) < 4.78 is 0. The zero-order valence-electron chi connectivity index (χ0n) is 29.3. The van der Waals surface area contributed by atoms with E-state index in [1.165, 1.54) is 11.8 Å². The van der Waals surface area contributed by atoms with Crippen LogP contribution in [0.1, 0.15) is 92.9 Å². The minimum Gasteiger partial charge on any atom is -0.394 e. The normalized spacial score (nSPS) is 29.1. The van der Waals surface area contributed by atoms with Crippen LogP contribution in [-0.4, -0.2) is 119 Å². The first-order valence-corrected chi connectivity index (χ1v) is 17.2. The van der Waals surface area contributed by atoms with Crippen molar-refractivity contribution in [2.75, 3.05) is 26.7 Å². The van der Waals surface area contributed by atoms with E-state index in [1.54, 1.807) is 20.9 Å². The highest BCUT2D eigenvalue weighted by molar-refractivity contribution is 5.96. The molecule has 2 aliphatic rings. The van der Waals surface area contributed by atoms with Crippen molar-refractivity contribution in [2.24, 2.45) is 11.8 Å². The lowest BCUT2D eigenvalue weighted by atomic mass is 9.83. The molecule has 1 heterocycles. The summed E-state index contributed by atoms with van der Waals surface area (Å²) in [6.07, 6.45) is 4.38. The molecule has 2 rings (SSSR count). The second-order valence-corrected chi connectivity index (χ2v) is 13.5. The van der Waals surface area contributed by atoms with Gasteiger partial charge in [0.05, 0.1) is 18.8 Å². The first kappa shape index (κ1) is 40.0. The van der Waals surface area contributed by atoms with Crippen LogP contribution >= 0.6 is 0 Å². The molecular weight excluding hydrogens is 604 g/mol. The van der Waals surface area contributed by atoms with Crippen molar-refractivity contribution in [3.05, 3.63) is 0 Å². The van der Waals surface area contributed by atoms with Crippen LogP contribution in [0.15, 0.2) is 0 Å². The van der Waals surface area contributed by atoms with Crippen molar-refractivity contribution in [2.45, 2.75) is 135 Å². The van der Waals surface area contributed by atoms with Crippen LogP contribution in [0.4, 0.5) is 0 Å². The van der Waals surface area contributed by atoms with Gasteiger partial charge in [-0.2, -0.15) is 0 Å². The molecule has 0 spiro atoms. The van der Waals surface area contributed by atoms with E-state index >= 15 is 0 Å². The van der Waals surface area contributed by atoms with Gasteiger partial charge in [-0.15, -0.1) is 11.8 Å². The van der Waals surface area contributed by atoms with Gasteiger partial charge >= 0.3 is 0 Å². The molecule has 1 aliphatic heterocycles. The molecule has 1 saturated carbocycles. The van der Waals surface area contributed by atoms with Crippen molar-refractivity contribution in [1.29, 1.82) is 0 Å². The Hall–Kier alpha value is -3.21. The molecule has 0 bridgehead atoms. The van der Waals surface area contributed by atoms with Crippen LogP contribution in [0.2, 0.25) is 0 Å². The van der Waals surface area contributed by atoms with Crippen LogP contribution in [0, 0.1) is 23.7 Å². The summed E-state index contributed by atoms with van der Waals surface area (Å²) in [5.41, 5.74) is 0. The molecule has 1 saturated heterocycles. The zero-order chi connectivity index (χ0) is 35.3. The summed E-state index contributed by atoms with van der Waals surface area (Å²) in [5, 5.41) is 31.3. The number of rotatable bonds is 7. The Labute approximate surface area is 280 Å². The molecule has 7 atom stereocenters. The fraction of sp³-hybridized carbons (Fsp3) is 0.794. The van der Waals surface area contributed by atoms with Crippen LogP contribution < -0.4 is 21.3 Å². The number of hydrogen-bond donors (Lipinski definition) is 6. The van der Waals surface area contributed by atoms with E-state index in [-0.39, 0.29) is 24.3 Å². The second-order valence-electron chi connectivity index (χ2n) is 13.5. The summed E-state index contributed by atoms with van der Waals surface area (Å²) >= 11 is 0. The number of hydrogen-bond acceptors (Lipinski definition) is 8. The lowest BCUT2D eigenvalue weighted by molar-refractivity contribution is -0.144. The van der Waals surface area contributed by atoms with Gasteiger partial charge in [0, 0.05) is 39.0 Å². The van der Waals surface area contributed by atoms with E-state index in [1.807, 2.05) is 25.7 Å². The molecule has 0 aromatic rings. The number of carbonyl (C=O) groups is 5. The summed E-state index contributed by atoms with van der Waals surface area (Å²) in [6, 6.07) is -5.89. The summed E-state index contributed by atoms with van der Waals surface area (Å²) in [6.45, 7) is 10.6. The molecule has 0 aromatic carbocycles. The first-order valence-electron chi connectivity index (χ1n) is 17.2. The first-order chi connectivity index (χ1) is 22.2. The van der Waals surface area contributed by atoms with Crippen molar-refractivity contribution >= 4 is 29.5 Å². The molecular formula is C34H58N6O7. The summed E-state index contributed by atoms with van der Waals surface area (Å²) in [7, 11) is 1.60. The van der Waals surface area contributed by atoms with E-state index in [4.69, 9.17) is 0 Å². The Bertz CT molecular complexity index is 1130. The third-order valence-electron chi connectivity index (χ3n) is 9.02. The number of likely N-dealkylation sites (N-methyl/N-ethyl adjacent to an activating group) is 1. The van der Waals surface area contributed by atoms with Crippen molar-refractivity contribution in [3.8, 4) is 11.8 Å². The molecule has 5 amide bonds.